The lowest BCUT2D eigenvalue weighted by molar-refractivity contribution is 0.111. The largest absolute Gasteiger partial charge is 0.490 e. The van der Waals surface area contributed by atoms with Crippen LogP contribution in [0.15, 0.2) is 54.7 Å². The van der Waals surface area contributed by atoms with E-state index >= 15 is 0 Å². The molecule has 0 bridgehead atoms. The van der Waals surface area contributed by atoms with E-state index in [2.05, 4.69) is 60.5 Å². The number of benzene rings is 2. The molecular weight excluding hydrogens is 386 g/mol. The van der Waals surface area contributed by atoms with Gasteiger partial charge in [0.05, 0.1) is 0 Å². The molecule has 162 valence electrons. The first-order chi connectivity index (χ1) is 15.0. The lowest BCUT2D eigenvalue weighted by Gasteiger charge is -2.32. The van der Waals surface area contributed by atoms with Crippen LogP contribution in [0.3, 0.4) is 0 Å². The molecule has 0 saturated carbocycles. The Hall–Kier alpha value is -3.08. The molecule has 1 N–H and O–H groups in total. The standard InChI is InChI=1S/C26H31N3O2/c1-18(2)17-28-26(30)29-14-11-24(12-15-29)31-23-7-4-20(5-8-23)21-6-9-25-19(3)27-13-10-22(25)16-21/h4-10,13,16,18,24H,11-12,14-15,17H2,1-3H3,(H,28,30). The Labute approximate surface area is 184 Å². The van der Waals surface area contributed by atoms with Gasteiger partial charge < -0.3 is 15.0 Å². The second-order valence-electron chi connectivity index (χ2n) is 8.74. The van der Waals surface area contributed by atoms with Crippen molar-refractivity contribution in [1.82, 2.24) is 15.2 Å². The summed E-state index contributed by atoms with van der Waals surface area (Å²) in [5, 5.41) is 5.39. The van der Waals surface area contributed by atoms with Crippen LogP contribution in [0.1, 0.15) is 32.4 Å². The van der Waals surface area contributed by atoms with Crippen LogP contribution in [0.25, 0.3) is 21.9 Å². The molecule has 0 aliphatic carbocycles. The van der Waals surface area contributed by atoms with Crippen molar-refractivity contribution >= 4 is 16.8 Å². The van der Waals surface area contributed by atoms with Crippen LogP contribution in [0, 0.1) is 12.8 Å². The summed E-state index contributed by atoms with van der Waals surface area (Å²) in [6, 6.07) is 16.9. The smallest absolute Gasteiger partial charge is 0.317 e. The number of nitrogens with zero attached hydrogens (tertiary/aromatic N) is 2. The fraction of sp³-hybridized carbons (Fsp3) is 0.385. The van der Waals surface area contributed by atoms with Crippen molar-refractivity contribution in [1.29, 1.82) is 0 Å². The number of ether oxygens (including phenoxy) is 1. The summed E-state index contributed by atoms with van der Waals surface area (Å²) >= 11 is 0. The minimum atomic E-state index is 0.0397. The average molecular weight is 418 g/mol. The molecule has 2 amide bonds. The Bertz CT molecular complexity index is 1040. The molecular formula is C26H31N3O2. The molecule has 2 aromatic carbocycles. The van der Waals surface area contributed by atoms with Crippen LogP contribution in [-0.4, -0.2) is 41.7 Å². The van der Waals surface area contributed by atoms with Crippen molar-refractivity contribution in [3.05, 3.63) is 60.4 Å². The van der Waals surface area contributed by atoms with Gasteiger partial charge in [0.15, 0.2) is 0 Å². The van der Waals surface area contributed by atoms with Gasteiger partial charge in [-0.15, -0.1) is 0 Å². The minimum Gasteiger partial charge on any atom is -0.490 e. The van der Waals surface area contributed by atoms with Crippen LogP contribution in [-0.2, 0) is 0 Å². The number of aromatic nitrogens is 1. The third-order valence-electron chi connectivity index (χ3n) is 5.84. The molecule has 3 aromatic rings. The van der Waals surface area contributed by atoms with Crippen molar-refractivity contribution < 1.29 is 9.53 Å². The highest BCUT2D eigenvalue weighted by Crippen LogP contribution is 2.28. The Kier molecular flexibility index (Phi) is 6.40. The number of rotatable bonds is 5. The number of carbonyl (C=O) groups is 1. The highest BCUT2D eigenvalue weighted by atomic mass is 16.5. The lowest BCUT2D eigenvalue weighted by atomic mass is 10.0. The molecule has 5 heteroatoms. The van der Waals surface area contributed by atoms with Crippen LogP contribution < -0.4 is 10.1 Å². The molecule has 0 unspecified atom stereocenters. The predicted octanol–water partition coefficient (Wildman–Crippen LogP) is 5.42. The molecule has 1 fully saturated rings. The summed E-state index contributed by atoms with van der Waals surface area (Å²) in [7, 11) is 0. The summed E-state index contributed by atoms with van der Waals surface area (Å²) in [5.74, 6) is 1.34. The van der Waals surface area contributed by atoms with Gasteiger partial charge in [-0.25, -0.2) is 4.79 Å². The summed E-state index contributed by atoms with van der Waals surface area (Å²) in [6.45, 7) is 8.43. The lowest BCUT2D eigenvalue weighted by Crippen LogP contribution is -2.47. The SMILES string of the molecule is Cc1nccc2cc(-c3ccc(OC4CCN(C(=O)NCC(C)C)CC4)cc3)ccc12. The van der Waals surface area contributed by atoms with E-state index in [-0.39, 0.29) is 12.1 Å². The van der Waals surface area contributed by atoms with Crippen LogP contribution in [0.4, 0.5) is 4.79 Å². The van der Waals surface area contributed by atoms with Gasteiger partial charge in [0.1, 0.15) is 11.9 Å². The van der Waals surface area contributed by atoms with Crippen LogP contribution >= 0.6 is 0 Å². The molecule has 5 nitrogen and oxygen atoms in total. The quantitative estimate of drug-likeness (QED) is 0.603. The Morgan fingerprint density at radius 1 is 1.10 bits per heavy atom. The molecule has 1 saturated heterocycles. The number of hydrogen-bond donors (Lipinski definition) is 1. The zero-order valence-electron chi connectivity index (χ0n) is 18.6. The first kappa shape index (κ1) is 21.2. The number of likely N-dealkylation sites (tertiary alicyclic amines) is 1. The predicted molar refractivity (Wildman–Crippen MR) is 125 cm³/mol. The molecule has 1 aromatic heterocycles. The van der Waals surface area contributed by atoms with E-state index in [1.54, 1.807) is 0 Å². The highest BCUT2D eigenvalue weighted by molar-refractivity contribution is 5.88. The highest BCUT2D eigenvalue weighted by Gasteiger charge is 2.23. The van der Waals surface area contributed by atoms with E-state index in [0.29, 0.717) is 5.92 Å². The number of nitrogens with one attached hydrogen (secondary N) is 1. The molecule has 0 radical (unpaired) electrons. The number of aryl methyl sites for hydroxylation is 1. The number of fused-ring (bicyclic) bond motifs is 1. The molecule has 1 aliphatic rings. The number of pyridine rings is 1. The van der Waals surface area contributed by atoms with Gasteiger partial charge in [-0.1, -0.05) is 38.1 Å². The zero-order chi connectivity index (χ0) is 21.8. The Balaban J connectivity index is 1.34. The zero-order valence-corrected chi connectivity index (χ0v) is 18.6. The number of piperidine rings is 1. The number of urea groups is 1. The van der Waals surface area contributed by atoms with Crippen molar-refractivity contribution in [2.24, 2.45) is 5.92 Å². The maximum atomic E-state index is 12.2. The number of amides is 2. The molecule has 0 atom stereocenters. The third kappa shape index (κ3) is 5.16. The normalized spacial score (nSPS) is 14.8. The maximum absolute atomic E-state index is 12.2. The fourth-order valence-corrected chi connectivity index (χ4v) is 4.01. The Morgan fingerprint density at radius 3 is 2.52 bits per heavy atom. The number of carbonyl (C=O) groups excluding carboxylic acids is 1. The van der Waals surface area contributed by atoms with Crippen molar-refractivity contribution in [2.75, 3.05) is 19.6 Å². The van der Waals surface area contributed by atoms with Gasteiger partial charge in [0.25, 0.3) is 0 Å². The Morgan fingerprint density at radius 2 is 1.81 bits per heavy atom. The van der Waals surface area contributed by atoms with E-state index in [1.807, 2.05) is 30.2 Å². The van der Waals surface area contributed by atoms with Gasteiger partial charge in [0.2, 0.25) is 0 Å². The minimum absolute atomic E-state index is 0.0397. The van der Waals surface area contributed by atoms with Crippen molar-refractivity contribution in [3.8, 4) is 16.9 Å². The summed E-state index contributed by atoms with van der Waals surface area (Å²) in [5.41, 5.74) is 3.40. The van der Waals surface area contributed by atoms with Crippen molar-refractivity contribution in [3.63, 3.8) is 0 Å². The van der Waals surface area contributed by atoms with Crippen LogP contribution in [0.5, 0.6) is 5.75 Å². The van der Waals surface area contributed by atoms with E-state index in [1.165, 1.54) is 21.9 Å². The first-order valence-corrected chi connectivity index (χ1v) is 11.1. The average Bonchev–Trinajstić information content (AvgIpc) is 2.78. The second kappa shape index (κ2) is 9.38. The number of hydrogen-bond acceptors (Lipinski definition) is 3. The summed E-state index contributed by atoms with van der Waals surface area (Å²) in [4.78, 5) is 18.5. The van der Waals surface area contributed by atoms with Gasteiger partial charge in [-0.05, 0) is 53.6 Å². The maximum Gasteiger partial charge on any atom is 0.317 e. The molecule has 0 spiro atoms. The van der Waals surface area contributed by atoms with Crippen molar-refractivity contribution in [2.45, 2.75) is 39.7 Å². The van der Waals surface area contributed by atoms with Gasteiger partial charge in [0, 0.05) is 49.8 Å². The van der Waals surface area contributed by atoms with Gasteiger partial charge >= 0.3 is 6.03 Å². The van der Waals surface area contributed by atoms with Gasteiger partial charge in [-0.3, -0.25) is 4.98 Å². The molecule has 31 heavy (non-hydrogen) atoms. The molecule has 1 aliphatic heterocycles. The summed E-state index contributed by atoms with van der Waals surface area (Å²) in [6.07, 6.45) is 3.72. The monoisotopic (exact) mass is 417 g/mol. The van der Waals surface area contributed by atoms with E-state index < -0.39 is 0 Å². The van der Waals surface area contributed by atoms with Crippen LogP contribution in [0.2, 0.25) is 0 Å². The molecule has 2 heterocycles. The first-order valence-electron chi connectivity index (χ1n) is 11.1. The third-order valence-corrected chi connectivity index (χ3v) is 5.84. The fourth-order valence-electron chi connectivity index (χ4n) is 4.01. The van der Waals surface area contributed by atoms with Gasteiger partial charge in [-0.2, -0.15) is 0 Å². The summed E-state index contributed by atoms with van der Waals surface area (Å²) < 4.78 is 6.19. The topological polar surface area (TPSA) is 54.5 Å². The molecule has 4 rings (SSSR count). The van der Waals surface area contributed by atoms with E-state index in [9.17, 15) is 4.79 Å². The van der Waals surface area contributed by atoms with E-state index in [4.69, 9.17) is 4.74 Å². The van der Waals surface area contributed by atoms with E-state index in [0.717, 1.165) is 43.9 Å². The second-order valence-corrected chi connectivity index (χ2v) is 8.74.